The number of carbonyl (C=O) groups excluding carboxylic acids is 4. The maximum absolute atomic E-state index is 12.6. The maximum Gasteiger partial charge on any atom is 0.348 e. The quantitative estimate of drug-likeness (QED) is 0.0931. The van der Waals surface area contributed by atoms with Crippen LogP contribution < -0.4 is 0 Å². The van der Waals surface area contributed by atoms with Crippen molar-refractivity contribution >= 4 is 113 Å². The van der Waals surface area contributed by atoms with Gasteiger partial charge in [0.1, 0.15) is 0 Å². The smallest absolute Gasteiger partial charge is 0.348 e. The van der Waals surface area contributed by atoms with Crippen LogP contribution in [0.3, 0.4) is 0 Å². The first-order valence-electron chi connectivity index (χ1n) is 9.70. The normalized spacial score (nSPS) is 15.2. The van der Waals surface area contributed by atoms with E-state index in [2.05, 4.69) is 0 Å². The maximum atomic E-state index is 12.6. The predicted octanol–water partition coefficient (Wildman–Crippen LogP) is 6.97. The molecule has 0 N–H and O–H groups in total. The van der Waals surface area contributed by atoms with Crippen LogP contribution in [0.4, 0.5) is 0 Å². The van der Waals surface area contributed by atoms with Crippen LogP contribution in [0, 0.1) is 0 Å². The van der Waals surface area contributed by atoms with E-state index in [0.29, 0.717) is 37.7 Å². The molecule has 2 aliphatic rings. The number of carbonyl (C=O) groups is 4. The average molecular weight is 530 g/mol. The Hall–Kier alpha value is -3.16. The van der Waals surface area contributed by atoms with E-state index in [0.717, 1.165) is 0 Å². The third-order valence-electron chi connectivity index (χ3n) is 6.37. The van der Waals surface area contributed by atoms with Crippen LogP contribution in [0.2, 0.25) is 20.1 Å². The van der Waals surface area contributed by atoms with Gasteiger partial charge in [-0.3, -0.25) is 0 Å². The molecule has 0 aliphatic carbocycles. The molecule has 0 aromatic heterocycles. The monoisotopic (exact) mass is 528 g/mol. The molecule has 0 amide bonds. The first-order valence-corrected chi connectivity index (χ1v) is 11.2. The molecule has 0 saturated heterocycles. The highest BCUT2D eigenvalue weighted by molar-refractivity contribution is 6.54. The van der Waals surface area contributed by atoms with E-state index < -0.39 is 23.9 Å². The van der Waals surface area contributed by atoms with Crippen LogP contribution in [0.5, 0.6) is 0 Å². The zero-order valence-electron chi connectivity index (χ0n) is 16.3. The van der Waals surface area contributed by atoms with E-state index in [-0.39, 0.29) is 47.7 Å². The molecule has 0 fully saturated rings. The van der Waals surface area contributed by atoms with Crippen molar-refractivity contribution in [1.82, 2.24) is 0 Å². The van der Waals surface area contributed by atoms with Gasteiger partial charge in [-0.2, -0.15) is 0 Å². The first-order chi connectivity index (χ1) is 16.2. The molecule has 34 heavy (non-hydrogen) atoms. The molecule has 5 aromatic carbocycles. The second-order valence-electron chi connectivity index (χ2n) is 7.98. The minimum Gasteiger partial charge on any atom is -0.386 e. The lowest BCUT2D eigenvalue weighted by Crippen LogP contribution is -2.21. The van der Waals surface area contributed by atoms with E-state index in [4.69, 9.17) is 55.9 Å². The zero-order chi connectivity index (χ0) is 23.8. The number of halogens is 4. The Labute approximate surface area is 208 Å². The largest absolute Gasteiger partial charge is 0.386 e. The summed E-state index contributed by atoms with van der Waals surface area (Å²) in [5.41, 5.74) is 0.299. The summed E-state index contributed by atoms with van der Waals surface area (Å²) in [4.78, 5) is 50.2. The molecule has 5 aromatic rings. The van der Waals surface area contributed by atoms with Gasteiger partial charge in [-0.25, -0.2) is 19.2 Å². The van der Waals surface area contributed by atoms with Crippen LogP contribution in [0.1, 0.15) is 41.4 Å². The van der Waals surface area contributed by atoms with E-state index in [9.17, 15) is 19.2 Å². The highest BCUT2D eigenvalue weighted by Gasteiger charge is 2.36. The fraction of sp³-hybridized carbons (Fsp3) is 0. The SMILES string of the molecule is O=C1OC(=O)c2c(Cl)cc3c4c(Cl)cc5c6c(cc(Cl)c(c7c(Cl)cc1c2c37)c64)C(=O)OC5=O. The fourth-order valence-corrected chi connectivity index (χ4v) is 6.34. The van der Waals surface area contributed by atoms with Gasteiger partial charge in [-0.15, -0.1) is 0 Å². The summed E-state index contributed by atoms with van der Waals surface area (Å²) in [6.45, 7) is 0. The molecular formula is C24H4Cl4O6. The van der Waals surface area contributed by atoms with Crippen LogP contribution in [0.15, 0.2) is 24.3 Å². The summed E-state index contributed by atoms with van der Waals surface area (Å²) in [5, 5.41) is 3.67. The van der Waals surface area contributed by atoms with E-state index in [1.54, 1.807) is 0 Å². The van der Waals surface area contributed by atoms with E-state index >= 15 is 0 Å². The molecule has 6 nitrogen and oxygen atoms in total. The second-order valence-corrected chi connectivity index (χ2v) is 9.61. The summed E-state index contributed by atoms with van der Waals surface area (Å²) >= 11 is 26.6. The highest BCUT2D eigenvalue weighted by Crippen LogP contribution is 2.52. The summed E-state index contributed by atoms with van der Waals surface area (Å²) < 4.78 is 9.72. The molecule has 2 heterocycles. The molecule has 0 spiro atoms. The molecule has 10 heteroatoms. The van der Waals surface area contributed by atoms with Crippen LogP contribution in [-0.2, 0) is 9.47 Å². The molecule has 164 valence electrons. The topological polar surface area (TPSA) is 86.7 Å². The molecular weight excluding hydrogens is 526 g/mol. The number of hydrogen-bond donors (Lipinski definition) is 0. The molecule has 0 radical (unpaired) electrons. The first kappa shape index (κ1) is 20.2. The third-order valence-corrected chi connectivity index (χ3v) is 7.56. The van der Waals surface area contributed by atoms with Gasteiger partial charge < -0.3 is 9.47 Å². The van der Waals surface area contributed by atoms with Gasteiger partial charge in [-0.05, 0) is 29.7 Å². The van der Waals surface area contributed by atoms with Crippen LogP contribution in [0.25, 0.3) is 43.1 Å². The molecule has 0 atom stereocenters. The lowest BCUT2D eigenvalue weighted by atomic mass is 9.83. The Morgan fingerprint density at radius 2 is 0.912 bits per heavy atom. The number of cyclic esters (lactones) is 4. The molecule has 0 bridgehead atoms. The Morgan fingerprint density at radius 1 is 0.441 bits per heavy atom. The van der Waals surface area contributed by atoms with Crippen molar-refractivity contribution in [1.29, 1.82) is 0 Å². The van der Waals surface area contributed by atoms with Gasteiger partial charge in [0.05, 0.1) is 27.3 Å². The van der Waals surface area contributed by atoms with Gasteiger partial charge in [0.2, 0.25) is 0 Å². The highest BCUT2D eigenvalue weighted by atomic mass is 35.5. The number of hydrogen-bond acceptors (Lipinski definition) is 6. The second kappa shape index (κ2) is 6.29. The third kappa shape index (κ3) is 2.20. The van der Waals surface area contributed by atoms with Crippen LogP contribution >= 0.6 is 46.4 Å². The number of ether oxygens (including phenoxy) is 2. The molecule has 7 rings (SSSR count). The summed E-state index contributed by atoms with van der Waals surface area (Å²) in [7, 11) is 0. The number of esters is 4. The van der Waals surface area contributed by atoms with Gasteiger partial charge >= 0.3 is 23.9 Å². The number of benzene rings is 5. The lowest BCUT2D eigenvalue weighted by Gasteiger charge is -2.25. The van der Waals surface area contributed by atoms with Crippen molar-refractivity contribution in [3.63, 3.8) is 0 Å². The Kier molecular flexibility index (Phi) is 3.74. The van der Waals surface area contributed by atoms with Gasteiger partial charge in [-0.1, -0.05) is 46.4 Å². The Bertz CT molecular complexity index is 1900. The Morgan fingerprint density at radius 3 is 1.50 bits per heavy atom. The molecule has 0 saturated carbocycles. The summed E-state index contributed by atoms with van der Waals surface area (Å²) in [6.07, 6.45) is 0. The van der Waals surface area contributed by atoms with Crippen molar-refractivity contribution in [2.75, 3.05) is 0 Å². The van der Waals surface area contributed by atoms with Crippen LogP contribution in [-0.4, -0.2) is 23.9 Å². The lowest BCUT2D eigenvalue weighted by molar-refractivity contribution is 0.0373. The van der Waals surface area contributed by atoms with Crippen molar-refractivity contribution in [3.8, 4) is 0 Å². The van der Waals surface area contributed by atoms with Gasteiger partial charge in [0.25, 0.3) is 0 Å². The molecule has 0 unspecified atom stereocenters. The number of fused-ring (bicyclic) bond motifs is 2. The molecule has 2 aliphatic heterocycles. The predicted molar refractivity (Wildman–Crippen MR) is 127 cm³/mol. The standard InChI is InChI=1S/C24H4Cl4O6/c25-9-2-6-13-7(22(30)33-21(6)29)3-11(27)18-17-10(26)4-8-16-15(17)5(14(9)20(13)18)1-12(28)19(16)24(32)34-23(8)31/h1-4H. The van der Waals surface area contributed by atoms with E-state index in [1.165, 1.54) is 24.3 Å². The van der Waals surface area contributed by atoms with Gasteiger partial charge in [0.15, 0.2) is 0 Å². The minimum atomic E-state index is -0.885. The summed E-state index contributed by atoms with van der Waals surface area (Å²) in [5.74, 6) is -3.43. The summed E-state index contributed by atoms with van der Waals surface area (Å²) in [6, 6.07) is 5.72. The Balaban J connectivity index is 1.92. The fourth-order valence-electron chi connectivity index (χ4n) is 5.16. The van der Waals surface area contributed by atoms with E-state index in [1.807, 2.05) is 0 Å². The van der Waals surface area contributed by atoms with Crippen molar-refractivity contribution in [2.45, 2.75) is 0 Å². The minimum absolute atomic E-state index is 0.0213. The average Bonchev–Trinajstić information content (AvgIpc) is 2.76. The van der Waals surface area contributed by atoms with Gasteiger partial charge in [0, 0.05) is 52.8 Å². The van der Waals surface area contributed by atoms with Crippen molar-refractivity contribution < 1.29 is 28.7 Å². The van der Waals surface area contributed by atoms with Crippen molar-refractivity contribution in [3.05, 3.63) is 66.6 Å². The van der Waals surface area contributed by atoms with Crippen molar-refractivity contribution in [2.24, 2.45) is 0 Å². The number of rotatable bonds is 0. The zero-order valence-corrected chi connectivity index (χ0v) is 19.3.